The molecule has 0 N–H and O–H groups in total. The second kappa shape index (κ2) is 6.27. The van der Waals surface area contributed by atoms with Gasteiger partial charge in [0.25, 0.3) is 0 Å². The van der Waals surface area contributed by atoms with Crippen molar-refractivity contribution in [2.75, 3.05) is 18.0 Å². The summed E-state index contributed by atoms with van der Waals surface area (Å²) in [6.45, 7) is 3.30. The fourth-order valence-electron chi connectivity index (χ4n) is 3.00. The van der Waals surface area contributed by atoms with E-state index < -0.39 is 11.6 Å². The number of halogens is 2. The van der Waals surface area contributed by atoms with Crippen LogP contribution in [0, 0.1) is 18.6 Å². The van der Waals surface area contributed by atoms with Crippen molar-refractivity contribution in [3.8, 4) is 5.75 Å². The second-order valence-corrected chi connectivity index (χ2v) is 6.08. The van der Waals surface area contributed by atoms with Gasteiger partial charge in [0.2, 0.25) is 0 Å². The third-order valence-corrected chi connectivity index (χ3v) is 4.25. The minimum atomic E-state index is -0.670. The van der Waals surface area contributed by atoms with Gasteiger partial charge in [-0.15, -0.1) is 14.8 Å². The molecule has 3 heterocycles. The Balaban J connectivity index is 1.41. The van der Waals surface area contributed by atoms with E-state index in [2.05, 4.69) is 20.1 Å². The summed E-state index contributed by atoms with van der Waals surface area (Å²) in [7, 11) is 0. The number of fused-ring (bicyclic) bond motifs is 1. The van der Waals surface area contributed by atoms with Crippen molar-refractivity contribution in [1.82, 2.24) is 19.8 Å². The summed E-state index contributed by atoms with van der Waals surface area (Å²) in [4.78, 5) is 6.40. The maximum Gasteiger partial charge on any atom is 0.176 e. The van der Waals surface area contributed by atoms with Crippen LogP contribution in [0.25, 0.3) is 5.65 Å². The molecular formula is C17H17F2N5O. The van der Waals surface area contributed by atoms with Gasteiger partial charge in [0.05, 0.1) is 0 Å². The predicted molar refractivity (Wildman–Crippen MR) is 87.7 cm³/mol. The number of benzene rings is 1. The molecule has 0 bridgehead atoms. The Morgan fingerprint density at radius 3 is 2.64 bits per heavy atom. The maximum atomic E-state index is 13.7. The molecule has 1 fully saturated rings. The quantitative estimate of drug-likeness (QED) is 0.731. The van der Waals surface area contributed by atoms with Crippen LogP contribution in [-0.4, -0.2) is 39.0 Å². The van der Waals surface area contributed by atoms with E-state index in [-0.39, 0.29) is 11.9 Å². The monoisotopic (exact) mass is 345 g/mol. The Labute approximate surface area is 143 Å². The van der Waals surface area contributed by atoms with Crippen LogP contribution in [0.1, 0.15) is 18.7 Å². The average molecular weight is 345 g/mol. The molecule has 25 heavy (non-hydrogen) atoms. The highest BCUT2D eigenvalue weighted by molar-refractivity contribution is 5.45. The van der Waals surface area contributed by atoms with E-state index in [4.69, 9.17) is 4.74 Å². The van der Waals surface area contributed by atoms with Crippen molar-refractivity contribution in [3.05, 3.63) is 47.8 Å². The van der Waals surface area contributed by atoms with Gasteiger partial charge in [-0.1, -0.05) is 0 Å². The van der Waals surface area contributed by atoms with E-state index in [1.54, 1.807) is 0 Å². The summed E-state index contributed by atoms with van der Waals surface area (Å²) in [6.07, 6.45) is 1.35. The van der Waals surface area contributed by atoms with Crippen LogP contribution in [0.15, 0.2) is 30.3 Å². The zero-order valence-corrected chi connectivity index (χ0v) is 13.7. The fraction of sp³-hybridized carbons (Fsp3) is 0.353. The highest BCUT2D eigenvalue weighted by Gasteiger charge is 2.23. The number of nitrogens with zero attached hydrogens (tertiary/aromatic N) is 5. The van der Waals surface area contributed by atoms with Crippen LogP contribution in [0.4, 0.5) is 14.6 Å². The molecule has 130 valence electrons. The van der Waals surface area contributed by atoms with Gasteiger partial charge in [0.1, 0.15) is 17.7 Å². The van der Waals surface area contributed by atoms with Crippen LogP contribution < -0.4 is 9.64 Å². The van der Waals surface area contributed by atoms with Gasteiger partial charge in [0.15, 0.2) is 23.0 Å². The minimum Gasteiger partial charge on any atom is -0.487 e. The Kier molecular flexibility index (Phi) is 3.95. The van der Waals surface area contributed by atoms with E-state index in [0.717, 1.165) is 37.8 Å². The number of hydrogen-bond acceptors (Lipinski definition) is 5. The summed E-state index contributed by atoms with van der Waals surface area (Å²) >= 11 is 0. The van der Waals surface area contributed by atoms with Crippen LogP contribution >= 0.6 is 0 Å². The fourth-order valence-corrected chi connectivity index (χ4v) is 3.00. The largest absolute Gasteiger partial charge is 0.487 e. The third-order valence-electron chi connectivity index (χ3n) is 4.25. The van der Waals surface area contributed by atoms with Crippen molar-refractivity contribution < 1.29 is 13.5 Å². The molecular weight excluding hydrogens is 328 g/mol. The molecule has 8 heteroatoms. The van der Waals surface area contributed by atoms with Crippen LogP contribution in [-0.2, 0) is 0 Å². The van der Waals surface area contributed by atoms with E-state index in [0.29, 0.717) is 11.5 Å². The van der Waals surface area contributed by atoms with Gasteiger partial charge in [-0.2, -0.15) is 0 Å². The summed E-state index contributed by atoms with van der Waals surface area (Å²) in [5, 5.41) is 8.71. The van der Waals surface area contributed by atoms with E-state index >= 15 is 0 Å². The first kappa shape index (κ1) is 15.7. The van der Waals surface area contributed by atoms with E-state index in [1.165, 1.54) is 16.8 Å². The number of anilines is 1. The van der Waals surface area contributed by atoms with Gasteiger partial charge >= 0.3 is 0 Å². The molecule has 0 amide bonds. The number of piperidine rings is 1. The Morgan fingerprint density at radius 1 is 1.08 bits per heavy atom. The molecule has 1 aliphatic rings. The SMILES string of the molecule is Cc1nc2ccc(N3CCC(Oc4ccc(F)cc4F)CC3)nn2n1. The number of hydrogen-bond donors (Lipinski definition) is 0. The van der Waals surface area contributed by atoms with E-state index in [9.17, 15) is 8.78 Å². The van der Waals surface area contributed by atoms with Gasteiger partial charge in [0, 0.05) is 32.0 Å². The Morgan fingerprint density at radius 2 is 1.88 bits per heavy atom. The lowest BCUT2D eigenvalue weighted by atomic mass is 10.1. The van der Waals surface area contributed by atoms with Crippen molar-refractivity contribution in [1.29, 1.82) is 0 Å². The van der Waals surface area contributed by atoms with Crippen molar-refractivity contribution in [2.24, 2.45) is 0 Å². The first-order valence-electron chi connectivity index (χ1n) is 8.16. The second-order valence-electron chi connectivity index (χ2n) is 6.08. The lowest BCUT2D eigenvalue weighted by molar-refractivity contribution is 0.163. The highest BCUT2D eigenvalue weighted by atomic mass is 19.1. The average Bonchev–Trinajstić information content (AvgIpc) is 2.97. The van der Waals surface area contributed by atoms with Crippen molar-refractivity contribution in [2.45, 2.75) is 25.9 Å². The lowest BCUT2D eigenvalue weighted by Gasteiger charge is -2.32. The molecule has 0 radical (unpaired) electrons. The zero-order valence-electron chi connectivity index (χ0n) is 13.7. The number of aromatic nitrogens is 4. The van der Waals surface area contributed by atoms with Gasteiger partial charge in [-0.25, -0.2) is 13.8 Å². The first-order valence-corrected chi connectivity index (χ1v) is 8.16. The highest BCUT2D eigenvalue weighted by Crippen LogP contribution is 2.24. The molecule has 0 aliphatic carbocycles. The molecule has 0 spiro atoms. The number of ether oxygens (including phenoxy) is 1. The van der Waals surface area contributed by atoms with Gasteiger partial charge in [-0.3, -0.25) is 0 Å². The Hall–Kier alpha value is -2.77. The maximum absolute atomic E-state index is 13.7. The molecule has 1 aliphatic heterocycles. The number of rotatable bonds is 3. The molecule has 0 saturated carbocycles. The van der Waals surface area contributed by atoms with Crippen LogP contribution in [0.2, 0.25) is 0 Å². The molecule has 0 atom stereocenters. The molecule has 3 aromatic rings. The standard InChI is InChI=1S/C17H17F2N5O/c1-11-20-16-4-5-17(22-24(16)21-11)23-8-6-13(7-9-23)25-15-3-2-12(18)10-14(15)19/h2-5,10,13H,6-9H2,1H3. The van der Waals surface area contributed by atoms with Gasteiger partial charge < -0.3 is 9.64 Å². The Bertz CT molecular complexity index is 905. The smallest absolute Gasteiger partial charge is 0.176 e. The minimum absolute atomic E-state index is 0.0949. The number of aryl methyl sites for hydroxylation is 1. The molecule has 0 unspecified atom stereocenters. The third kappa shape index (κ3) is 3.24. The summed E-state index contributed by atoms with van der Waals surface area (Å²) in [5.74, 6) is 0.319. The molecule has 1 aromatic carbocycles. The summed E-state index contributed by atoms with van der Waals surface area (Å²) < 4.78 is 33.9. The first-order chi connectivity index (χ1) is 12.1. The zero-order chi connectivity index (χ0) is 17.4. The molecule has 1 saturated heterocycles. The predicted octanol–water partition coefficient (Wildman–Crippen LogP) is 2.76. The van der Waals surface area contributed by atoms with Gasteiger partial charge in [-0.05, 0) is 31.2 Å². The van der Waals surface area contributed by atoms with Crippen molar-refractivity contribution in [3.63, 3.8) is 0 Å². The molecule has 2 aromatic heterocycles. The lowest BCUT2D eigenvalue weighted by Crippen LogP contribution is -2.39. The molecule has 4 rings (SSSR count). The topological polar surface area (TPSA) is 55.5 Å². The van der Waals surface area contributed by atoms with Crippen molar-refractivity contribution >= 4 is 11.5 Å². The normalized spacial score (nSPS) is 15.7. The molecule has 6 nitrogen and oxygen atoms in total. The van der Waals surface area contributed by atoms with Crippen LogP contribution in [0.5, 0.6) is 5.75 Å². The summed E-state index contributed by atoms with van der Waals surface area (Å²) in [6, 6.07) is 7.18. The van der Waals surface area contributed by atoms with Crippen LogP contribution in [0.3, 0.4) is 0 Å². The van der Waals surface area contributed by atoms with E-state index in [1.807, 2.05) is 19.1 Å². The summed E-state index contributed by atoms with van der Waals surface area (Å²) in [5.41, 5.74) is 0.714.